The van der Waals surface area contributed by atoms with E-state index in [4.69, 9.17) is 9.47 Å². The van der Waals surface area contributed by atoms with Crippen molar-refractivity contribution in [3.05, 3.63) is 58.1 Å². The molecule has 0 saturated heterocycles. The molecule has 2 aromatic rings. The van der Waals surface area contributed by atoms with Crippen molar-refractivity contribution in [1.82, 2.24) is 10.2 Å². The van der Waals surface area contributed by atoms with E-state index in [0.29, 0.717) is 30.4 Å². The average Bonchev–Trinajstić information content (AvgIpc) is 2.81. The lowest BCUT2D eigenvalue weighted by atomic mass is 10.1. The van der Waals surface area contributed by atoms with Crippen LogP contribution >= 0.6 is 15.9 Å². The molecule has 0 aliphatic heterocycles. The van der Waals surface area contributed by atoms with Gasteiger partial charge in [-0.3, -0.25) is 9.59 Å². The Morgan fingerprint density at radius 2 is 1.85 bits per heavy atom. The number of carbonyl (C=O) groups is 2. The van der Waals surface area contributed by atoms with Gasteiger partial charge in [-0.2, -0.15) is 0 Å². The number of carbonyl (C=O) groups excluding carboxylic acids is 2. The third-order valence-electron chi connectivity index (χ3n) is 5.31. The fourth-order valence-electron chi connectivity index (χ4n) is 3.41. The molecule has 2 rings (SSSR count). The molecule has 1 N–H and O–H groups in total. The van der Waals surface area contributed by atoms with Gasteiger partial charge >= 0.3 is 0 Å². The fraction of sp³-hybridized carbons (Fsp3) is 0.462. The highest BCUT2D eigenvalue weighted by Gasteiger charge is 2.29. The molecular weight excluding hydrogens is 484 g/mol. The Labute approximate surface area is 205 Å². The Hall–Kier alpha value is -2.54. The summed E-state index contributed by atoms with van der Waals surface area (Å²) in [6.45, 7) is 8.74. The third-order valence-corrected chi connectivity index (χ3v) is 5.93. The summed E-state index contributed by atoms with van der Waals surface area (Å²) in [5.41, 5.74) is 2.05. The van der Waals surface area contributed by atoms with Gasteiger partial charge in [0.25, 0.3) is 5.91 Å². The molecule has 6 nitrogen and oxygen atoms in total. The minimum absolute atomic E-state index is 0.157. The van der Waals surface area contributed by atoms with Crippen LogP contribution in [0.2, 0.25) is 0 Å². The van der Waals surface area contributed by atoms with Crippen LogP contribution in [0.1, 0.15) is 45.2 Å². The summed E-state index contributed by atoms with van der Waals surface area (Å²) in [4.78, 5) is 27.9. The number of hydrogen-bond acceptors (Lipinski definition) is 4. The van der Waals surface area contributed by atoms with E-state index in [-0.39, 0.29) is 25.0 Å². The monoisotopic (exact) mass is 518 g/mol. The number of ether oxygens (including phenoxy) is 2. The van der Waals surface area contributed by atoms with Crippen LogP contribution in [0.5, 0.6) is 11.5 Å². The van der Waals surface area contributed by atoms with Crippen molar-refractivity contribution >= 4 is 27.7 Å². The Bertz CT molecular complexity index is 932. The fourth-order valence-corrected chi connectivity index (χ4v) is 3.95. The smallest absolute Gasteiger partial charge is 0.261 e. The highest BCUT2D eigenvalue weighted by Crippen LogP contribution is 2.26. The SMILES string of the molecule is CCc1ccc(OCC(=O)N(Cc2cccc(OC)c2)C(CC)C(=O)NCC(C)C)c(Br)c1. The zero-order valence-electron chi connectivity index (χ0n) is 20.2. The van der Waals surface area contributed by atoms with Crippen molar-refractivity contribution in [2.45, 2.75) is 53.1 Å². The second kappa shape index (κ2) is 13.2. The first-order valence-corrected chi connectivity index (χ1v) is 12.2. The van der Waals surface area contributed by atoms with Crippen molar-refractivity contribution in [1.29, 1.82) is 0 Å². The highest BCUT2D eigenvalue weighted by atomic mass is 79.9. The predicted molar refractivity (Wildman–Crippen MR) is 134 cm³/mol. The van der Waals surface area contributed by atoms with Crippen molar-refractivity contribution in [2.24, 2.45) is 5.92 Å². The highest BCUT2D eigenvalue weighted by molar-refractivity contribution is 9.10. The molecule has 1 unspecified atom stereocenters. The van der Waals surface area contributed by atoms with Crippen LogP contribution in [0.15, 0.2) is 46.9 Å². The van der Waals surface area contributed by atoms with Gasteiger partial charge < -0.3 is 19.7 Å². The number of methoxy groups -OCH3 is 1. The number of rotatable bonds is 12. The van der Waals surface area contributed by atoms with Crippen LogP contribution in [-0.4, -0.2) is 43.0 Å². The summed E-state index contributed by atoms with van der Waals surface area (Å²) in [6, 6.07) is 12.7. The van der Waals surface area contributed by atoms with E-state index in [2.05, 4.69) is 28.2 Å². The van der Waals surface area contributed by atoms with Gasteiger partial charge in [-0.1, -0.05) is 45.9 Å². The van der Waals surface area contributed by atoms with Gasteiger partial charge in [-0.05, 0) is 70.1 Å². The van der Waals surface area contributed by atoms with Crippen LogP contribution in [0, 0.1) is 5.92 Å². The number of hydrogen-bond donors (Lipinski definition) is 1. The first kappa shape index (κ1) is 26.7. The molecule has 0 bridgehead atoms. The maximum atomic E-state index is 13.3. The van der Waals surface area contributed by atoms with Crippen LogP contribution in [0.3, 0.4) is 0 Å². The second-order valence-electron chi connectivity index (χ2n) is 8.34. The molecule has 0 aliphatic rings. The van der Waals surface area contributed by atoms with Crippen molar-refractivity contribution in [2.75, 3.05) is 20.3 Å². The summed E-state index contributed by atoms with van der Waals surface area (Å²) >= 11 is 3.52. The number of amides is 2. The first-order chi connectivity index (χ1) is 15.8. The number of halogens is 1. The van der Waals surface area contributed by atoms with E-state index < -0.39 is 6.04 Å². The van der Waals surface area contributed by atoms with E-state index >= 15 is 0 Å². The van der Waals surface area contributed by atoms with Gasteiger partial charge in [0.1, 0.15) is 17.5 Å². The maximum absolute atomic E-state index is 13.3. The van der Waals surface area contributed by atoms with Crippen LogP contribution in [0.25, 0.3) is 0 Å². The Morgan fingerprint density at radius 1 is 1.09 bits per heavy atom. The van der Waals surface area contributed by atoms with Gasteiger partial charge in [0, 0.05) is 13.1 Å². The summed E-state index contributed by atoms with van der Waals surface area (Å²) in [6.07, 6.45) is 1.41. The minimum Gasteiger partial charge on any atom is -0.497 e. The largest absolute Gasteiger partial charge is 0.497 e. The molecule has 180 valence electrons. The summed E-state index contributed by atoms with van der Waals surface area (Å²) in [5, 5.41) is 2.97. The number of aryl methyl sites for hydroxylation is 1. The van der Waals surface area contributed by atoms with E-state index in [9.17, 15) is 9.59 Å². The lowest BCUT2D eigenvalue weighted by Gasteiger charge is -2.31. The standard InChI is InChI=1S/C26H35BrN2O4/c1-6-19-11-12-24(22(27)14-19)33-17-25(30)29(16-20-9-8-10-21(13-20)32-5)23(7-2)26(31)28-15-18(3)4/h8-14,18,23H,6-7,15-17H2,1-5H3,(H,28,31). The van der Waals surface area contributed by atoms with E-state index in [1.165, 1.54) is 5.56 Å². The van der Waals surface area contributed by atoms with E-state index in [1.807, 2.05) is 63.2 Å². The van der Waals surface area contributed by atoms with Crippen LogP contribution < -0.4 is 14.8 Å². The quantitative estimate of drug-likeness (QED) is 0.430. The number of nitrogens with zero attached hydrogens (tertiary/aromatic N) is 1. The summed E-state index contributed by atoms with van der Waals surface area (Å²) in [7, 11) is 1.60. The predicted octanol–water partition coefficient (Wildman–Crippen LogP) is 4.98. The topological polar surface area (TPSA) is 67.9 Å². The van der Waals surface area contributed by atoms with Crippen molar-refractivity contribution in [3.63, 3.8) is 0 Å². The second-order valence-corrected chi connectivity index (χ2v) is 9.20. The molecule has 0 spiro atoms. The normalized spacial score (nSPS) is 11.7. The van der Waals surface area contributed by atoms with Crippen molar-refractivity contribution in [3.8, 4) is 11.5 Å². The summed E-state index contributed by atoms with van der Waals surface area (Å²) in [5.74, 6) is 1.21. The zero-order valence-corrected chi connectivity index (χ0v) is 21.8. The summed E-state index contributed by atoms with van der Waals surface area (Å²) < 4.78 is 12.0. The van der Waals surface area contributed by atoms with Crippen LogP contribution in [-0.2, 0) is 22.6 Å². The van der Waals surface area contributed by atoms with Gasteiger partial charge in [-0.25, -0.2) is 0 Å². The molecule has 0 aliphatic carbocycles. The van der Waals surface area contributed by atoms with Gasteiger partial charge in [0.05, 0.1) is 11.6 Å². The van der Waals surface area contributed by atoms with Crippen LogP contribution in [0.4, 0.5) is 0 Å². The lowest BCUT2D eigenvalue weighted by molar-refractivity contribution is -0.143. The average molecular weight is 519 g/mol. The molecule has 33 heavy (non-hydrogen) atoms. The molecule has 2 amide bonds. The third kappa shape index (κ3) is 8.07. The molecule has 0 aromatic heterocycles. The Balaban J connectivity index is 2.23. The van der Waals surface area contributed by atoms with E-state index in [0.717, 1.165) is 16.5 Å². The molecule has 0 fully saturated rings. The molecule has 7 heteroatoms. The molecule has 0 radical (unpaired) electrons. The molecular formula is C26H35BrN2O4. The number of nitrogens with one attached hydrogen (secondary N) is 1. The minimum atomic E-state index is -0.600. The van der Waals surface area contributed by atoms with E-state index in [1.54, 1.807) is 12.0 Å². The maximum Gasteiger partial charge on any atom is 0.261 e. The first-order valence-electron chi connectivity index (χ1n) is 11.4. The molecule has 0 heterocycles. The number of benzene rings is 2. The van der Waals surface area contributed by atoms with Gasteiger partial charge in [0.15, 0.2) is 6.61 Å². The van der Waals surface area contributed by atoms with Gasteiger partial charge in [-0.15, -0.1) is 0 Å². The van der Waals surface area contributed by atoms with Gasteiger partial charge in [0.2, 0.25) is 5.91 Å². The van der Waals surface area contributed by atoms with Crippen molar-refractivity contribution < 1.29 is 19.1 Å². The Kier molecular flexibility index (Phi) is 10.7. The lowest BCUT2D eigenvalue weighted by Crippen LogP contribution is -2.50. The zero-order chi connectivity index (χ0) is 24.4. The molecule has 0 saturated carbocycles. The molecule has 1 atom stereocenters. The molecule has 2 aromatic carbocycles. The Morgan fingerprint density at radius 3 is 2.45 bits per heavy atom.